The maximum Gasteiger partial charge on any atom is 0.407 e. The zero-order valence-corrected chi connectivity index (χ0v) is 11.6. The predicted octanol–water partition coefficient (Wildman–Crippen LogP) is 2.19. The molecule has 0 aliphatic carbocycles. The molecule has 0 spiro atoms. The summed E-state index contributed by atoms with van der Waals surface area (Å²) < 4.78 is 10.1. The van der Waals surface area contributed by atoms with Crippen LogP contribution in [0.25, 0.3) is 0 Å². The molecule has 0 aromatic heterocycles. The summed E-state index contributed by atoms with van der Waals surface area (Å²) in [5.41, 5.74) is -0.534. The fourth-order valence-electron chi connectivity index (χ4n) is 1.17. The first-order chi connectivity index (χ1) is 7.74. The number of methoxy groups -OCH3 is 1. The Labute approximate surface area is 107 Å². The zero-order chi connectivity index (χ0) is 13.5. The third kappa shape index (κ3) is 10.0. The average Bonchev–Trinajstić information content (AvgIpc) is 2.11. The van der Waals surface area contributed by atoms with Gasteiger partial charge in [-0.15, -0.1) is 0 Å². The lowest BCUT2D eigenvalue weighted by Crippen LogP contribution is -2.41. The van der Waals surface area contributed by atoms with Gasteiger partial charge in [-0.1, -0.05) is 0 Å². The maximum atomic E-state index is 11.5. The summed E-state index contributed by atoms with van der Waals surface area (Å²) in [6.07, 6.45) is 0.366. The Kier molecular flexibility index (Phi) is 7.06. The fourth-order valence-corrected chi connectivity index (χ4v) is 1.29. The highest BCUT2D eigenvalue weighted by atomic mass is 32.1. The van der Waals surface area contributed by atoms with E-state index < -0.39 is 11.7 Å². The van der Waals surface area contributed by atoms with E-state index in [1.165, 1.54) is 0 Å². The van der Waals surface area contributed by atoms with Crippen molar-refractivity contribution in [1.29, 1.82) is 0 Å². The number of rotatable bonds is 6. The van der Waals surface area contributed by atoms with Crippen molar-refractivity contribution in [3.8, 4) is 0 Å². The molecular formula is C11H21NO4S. The number of hydrogen-bond donors (Lipinski definition) is 2. The maximum absolute atomic E-state index is 11.5. The Bertz CT molecular complexity index is 263. The normalized spacial score (nSPS) is 12.9. The summed E-state index contributed by atoms with van der Waals surface area (Å²) in [5.74, 6) is 0. The summed E-state index contributed by atoms with van der Waals surface area (Å²) >= 11 is 4.57. The molecule has 1 atom stereocenters. The van der Waals surface area contributed by atoms with Crippen molar-refractivity contribution in [2.75, 3.05) is 13.7 Å². The van der Waals surface area contributed by atoms with Crippen LogP contribution in [0.4, 0.5) is 4.79 Å². The van der Waals surface area contributed by atoms with Crippen LogP contribution in [0.2, 0.25) is 0 Å². The van der Waals surface area contributed by atoms with E-state index in [2.05, 4.69) is 17.5 Å². The van der Waals surface area contributed by atoms with E-state index in [1.54, 1.807) is 27.9 Å². The van der Waals surface area contributed by atoms with Crippen LogP contribution in [0.3, 0.4) is 0 Å². The lowest BCUT2D eigenvalue weighted by Gasteiger charge is -2.23. The van der Waals surface area contributed by atoms with E-state index in [1.807, 2.05) is 0 Å². The molecule has 0 unspecified atom stereocenters. The molecule has 100 valence electrons. The minimum Gasteiger partial charge on any atom is -0.502 e. The number of hydrogen-bond acceptors (Lipinski definition) is 4. The van der Waals surface area contributed by atoms with Crippen LogP contribution in [0.5, 0.6) is 0 Å². The average molecular weight is 263 g/mol. The molecule has 5 nitrogen and oxygen atoms in total. The molecule has 0 bridgehead atoms. The van der Waals surface area contributed by atoms with Crippen molar-refractivity contribution < 1.29 is 19.4 Å². The summed E-state index contributed by atoms with van der Waals surface area (Å²) in [6, 6.07) is -0.222. The fraction of sp³-hybridized carbons (Fsp3) is 0.818. The third-order valence-corrected chi connectivity index (χ3v) is 2.00. The van der Waals surface area contributed by atoms with E-state index in [0.29, 0.717) is 19.4 Å². The topological polar surface area (TPSA) is 67.8 Å². The van der Waals surface area contributed by atoms with Crippen molar-refractivity contribution in [3.63, 3.8) is 0 Å². The molecule has 0 fully saturated rings. The van der Waals surface area contributed by atoms with Gasteiger partial charge >= 0.3 is 6.09 Å². The van der Waals surface area contributed by atoms with Gasteiger partial charge in [0.25, 0.3) is 0 Å². The van der Waals surface area contributed by atoms with Crippen LogP contribution >= 0.6 is 12.2 Å². The van der Waals surface area contributed by atoms with Gasteiger partial charge in [-0.25, -0.2) is 4.79 Å². The summed E-state index contributed by atoms with van der Waals surface area (Å²) in [7, 11) is 1.54. The van der Waals surface area contributed by atoms with Crippen LogP contribution in [-0.4, -0.2) is 41.6 Å². The highest BCUT2D eigenvalue weighted by Gasteiger charge is 2.19. The molecule has 0 saturated heterocycles. The van der Waals surface area contributed by atoms with Gasteiger partial charge in [0.05, 0.1) is 12.6 Å². The van der Waals surface area contributed by atoms with Crippen LogP contribution in [-0.2, 0) is 9.47 Å². The molecule has 0 aromatic carbocycles. The predicted molar refractivity (Wildman–Crippen MR) is 69.5 cm³/mol. The quantitative estimate of drug-likeness (QED) is 0.719. The Hall–Kier alpha value is -0.880. The van der Waals surface area contributed by atoms with E-state index in [0.717, 1.165) is 0 Å². The first kappa shape index (κ1) is 16.1. The number of nitrogens with one attached hydrogen (secondary N) is 1. The largest absolute Gasteiger partial charge is 0.502 e. The molecule has 1 amide bonds. The molecule has 0 rings (SSSR count). The van der Waals surface area contributed by atoms with Crippen molar-refractivity contribution in [3.05, 3.63) is 0 Å². The first-order valence-electron chi connectivity index (χ1n) is 5.45. The second-order valence-corrected chi connectivity index (χ2v) is 5.20. The number of carbonyl (C=O) groups excluding carboxylic acids is 1. The van der Waals surface area contributed by atoms with Gasteiger partial charge in [0.1, 0.15) is 5.60 Å². The standard InChI is InChI=1S/C11H21NO4S/c1-11(2,3)16-10(14)12-8(7-15-4)5-6-9(13)17/h8H,5-7H2,1-4H3,(H,12,14)(H,13,17)/t8-/m0/s1. The summed E-state index contributed by atoms with van der Waals surface area (Å²) in [4.78, 5) is 11.5. The molecule has 2 N–H and O–H groups in total. The highest BCUT2D eigenvalue weighted by molar-refractivity contribution is 7.80. The second-order valence-electron chi connectivity index (χ2n) is 4.73. The van der Waals surface area contributed by atoms with Gasteiger partial charge < -0.3 is 19.9 Å². The molecule has 0 aliphatic heterocycles. The SMILES string of the molecule is COC[C@H](CCC(O)=S)NC(=O)OC(C)(C)C. The molecule has 0 saturated carbocycles. The van der Waals surface area contributed by atoms with Crippen molar-refractivity contribution in [2.45, 2.75) is 45.3 Å². The number of ether oxygens (including phenoxy) is 2. The Morgan fingerprint density at radius 1 is 1.47 bits per heavy atom. The number of carbonyl (C=O) groups is 1. The summed E-state index contributed by atoms with van der Waals surface area (Å²) in [5, 5.41) is 11.5. The smallest absolute Gasteiger partial charge is 0.407 e. The van der Waals surface area contributed by atoms with E-state index >= 15 is 0 Å². The Morgan fingerprint density at radius 3 is 2.47 bits per heavy atom. The molecule has 0 aromatic rings. The van der Waals surface area contributed by atoms with E-state index in [9.17, 15) is 4.79 Å². The monoisotopic (exact) mass is 263 g/mol. The van der Waals surface area contributed by atoms with Gasteiger partial charge in [0.2, 0.25) is 0 Å². The number of thiocarbonyl (C=S) groups is 1. The van der Waals surface area contributed by atoms with Crippen molar-refractivity contribution in [1.82, 2.24) is 5.32 Å². The number of aliphatic hydroxyl groups is 1. The van der Waals surface area contributed by atoms with Crippen LogP contribution in [0, 0.1) is 0 Å². The van der Waals surface area contributed by atoms with Gasteiger partial charge in [0.15, 0.2) is 5.05 Å². The molecule has 0 heterocycles. The Balaban J connectivity index is 4.14. The van der Waals surface area contributed by atoms with Crippen molar-refractivity contribution in [2.24, 2.45) is 0 Å². The minimum atomic E-state index is -0.534. The van der Waals surface area contributed by atoms with E-state index in [4.69, 9.17) is 14.6 Å². The first-order valence-corrected chi connectivity index (χ1v) is 5.85. The molecule has 0 aliphatic rings. The van der Waals surface area contributed by atoms with Crippen LogP contribution in [0.1, 0.15) is 33.6 Å². The molecule has 17 heavy (non-hydrogen) atoms. The number of amides is 1. The van der Waals surface area contributed by atoms with Gasteiger partial charge in [-0.3, -0.25) is 0 Å². The zero-order valence-electron chi connectivity index (χ0n) is 10.8. The second kappa shape index (κ2) is 7.45. The van der Waals surface area contributed by atoms with Crippen LogP contribution < -0.4 is 5.32 Å². The molecule has 6 heteroatoms. The minimum absolute atomic E-state index is 0.0721. The van der Waals surface area contributed by atoms with E-state index in [-0.39, 0.29) is 11.1 Å². The Morgan fingerprint density at radius 2 is 2.06 bits per heavy atom. The lowest BCUT2D eigenvalue weighted by molar-refractivity contribution is 0.0465. The number of alkyl carbamates (subject to hydrolysis) is 1. The van der Waals surface area contributed by atoms with Gasteiger partial charge in [0, 0.05) is 13.5 Å². The molecule has 0 radical (unpaired) electrons. The third-order valence-electron chi connectivity index (χ3n) is 1.80. The van der Waals surface area contributed by atoms with Gasteiger partial charge in [-0.2, -0.15) is 0 Å². The summed E-state index contributed by atoms with van der Waals surface area (Å²) in [6.45, 7) is 5.73. The molecular weight excluding hydrogens is 242 g/mol. The highest BCUT2D eigenvalue weighted by Crippen LogP contribution is 2.08. The van der Waals surface area contributed by atoms with Crippen molar-refractivity contribution >= 4 is 23.4 Å². The lowest BCUT2D eigenvalue weighted by atomic mass is 10.2. The van der Waals surface area contributed by atoms with Gasteiger partial charge in [-0.05, 0) is 39.4 Å². The number of aliphatic hydroxyl groups excluding tert-OH is 1. The van der Waals surface area contributed by atoms with Crippen LogP contribution in [0.15, 0.2) is 0 Å².